The van der Waals surface area contributed by atoms with Gasteiger partial charge in [-0.25, -0.2) is 0 Å². The minimum Gasteiger partial charge on any atom is -0.396 e. The van der Waals surface area contributed by atoms with Crippen molar-refractivity contribution in [1.29, 1.82) is 0 Å². The van der Waals surface area contributed by atoms with Gasteiger partial charge in [0, 0.05) is 13.2 Å². The third-order valence-electron chi connectivity index (χ3n) is 3.10. The first kappa shape index (κ1) is 14.1. The molecule has 0 aliphatic carbocycles. The standard InChI is InChI=1S/C11H20N2O4S/c1-2-4-12-11-13-7-9(16)8(15)6(3-5-14)17-10(7)18-11/h6-10,14-16H,2-5H2,1H3,(H,12,13)/t6-,7-,8-,9-,10-/m1/s1. The Morgan fingerprint density at radius 1 is 1.39 bits per heavy atom. The Hall–Kier alpha value is -0.340. The fourth-order valence-electron chi connectivity index (χ4n) is 2.11. The number of ether oxygens (including phenoxy) is 1. The van der Waals surface area contributed by atoms with Crippen LogP contribution in [-0.2, 0) is 4.74 Å². The van der Waals surface area contributed by atoms with Crippen molar-refractivity contribution in [3.05, 3.63) is 0 Å². The second kappa shape index (κ2) is 6.21. The number of hydrogen-bond donors (Lipinski definition) is 4. The number of rotatable bonds is 4. The van der Waals surface area contributed by atoms with Crippen LogP contribution >= 0.6 is 11.8 Å². The smallest absolute Gasteiger partial charge is 0.159 e. The molecule has 6 nitrogen and oxygen atoms in total. The van der Waals surface area contributed by atoms with Gasteiger partial charge in [-0.2, -0.15) is 0 Å². The predicted octanol–water partition coefficient (Wildman–Crippen LogP) is -0.714. The van der Waals surface area contributed by atoms with Gasteiger partial charge in [0.1, 0.15) is 23.7 Å². The number of hydrogen-bond acceptors (Lipinski definition) is 7. The molecule has 0 aromatic heterocycles. The molecule has 0 spiro atoms. The van der Waals surface area contributed by atoms with Gasteiger partial charge in [0.15, 0.2) is 5.17 Å². The molecule has 0 radical (unpaired) electrons. The van der Waals surface area contributed by atoms with Gasteiger partial charge in [0.2, 0.25) is 0 Å². The van der Waals surface area contributed by atoms with E-state index in [9.17, 15) is 10.2 Å². The molecule has 1 fully saturated rings. The largest absolute Gasteiger partial charge is 0.396 e. The van der Waals surface area contributed by atoms with Gasteiger partial charge in [-0.05, 0) is 12.8 Å². The molecule has 0 aromatic rings. The second-order valence-electron chi connectivity index (χ2n) is 4.51. The Morgan fingerprint density at radius 3 is 2.83 bits per heavy atom. The summed E-state index contributed by atoms with van der Waals surface area (Å²) in [6.45, 7) is 2.81. The quantitative estimate of drug-likeness (QED) is 0.542. The molecule has 104 valence electrons. The third kappa shape index (κ3) is 2.80. The summed E-state index contributed by atoms with van der Waals surface area (Å²) in [5.41, 5.74) is -0.278. The summed E-state index contributed by atoms with van der Waals surface area (Å²) in [5.74, 6) is 0. The zero-order chi connectivity index (χ0) is 13.1. The summed E-state index contributed by atoms with van der Waals surface area (Å²) in [5, 5.41) is 32.7. The average molecular weight is 276 g/mol. The highest BCUT2D eigenvalue weighted by molar-refractivity contribution is 8.14. The molecular formula is C11H20N2O4S. The van der Waals surface area contributed by atoms with Crippen LogP contribution < -0.4 is 5.32 Å². The van der Waals surface area contributed by atoms with E-state index in [1.54, 1.807) is 0 Å². The van der Waals surface area contributed by atoms with Crippen LogP contribution in [0.3, 0.4) is 0 Å². The highest BCUT2D eigenvalue weighted by Crippen LogP contribution is 2.36. The van der Waals surface area contributed by atoms with E-state index < -0.39 is 24.4 Å². The van der Waals surface area contributed by atoms with Crippen molar-refractivity contribution >= 4 is 16.9 Å². The van der Waals surface area contributed by atoms with Gasteiger partial charge in [-0.1, -0.05) is 18.7 Å². The molecule has 7 heteroatoms. The molecule has 0 saturated carbocycles. The molecule has 2 aliphatic rings. The number of thioether (sulfide) groups is 1. The Balaban J connectivity index is 1.99. The molecule has 4 N–H and O–H groups in total. The normalized spacial score (nSPS) is 39.3. The molecular weight excluding hydrogens is 256 g/mol. The van der Waals surface area contributed by atoms with Crippen molar-refractivity contribution in [2.45, 2.75) is 49.6 Å². The molecule has 2 heterocycles. The Bertz CT molecular complexity index is 315. The van der Waals surface area contributed by atoms with Crippen molar-refractivity contribution in [3.8, 4) is 0 Å². The van der Waals surface area contributed by atoms with Crippen LogP contribution in [0.25, 0.3) is 0 Å². The lowest BCUT2D eigenvalue weighted by Crippen LogP contribution is -2.54. The van der Waals surface area contributed by atoms with Gasteiger partial charge in [0.05, 0.1) is 6.10 Å². The van der Waals surface area contributed by atoms with Crippen molar-refractivity contribution in [3.63, 3.8) is 0 Å². The summed E-state index contributed by atoms with van der Waals surface area (Å²) in [6.07, 6.45) is -1.14. The molecule has 18 heavy (non-hydrogen) atoms. The fraction of sp³-hybridized carbons (Fsp3) is 0.909. The maximum absolute atomic E-state index is 10.0. The lowest BCUT2D eigenvalue weighted by molar-refractivity contribution is -0.156. The molecule has 0 aromatic carbocycles. The van der Waals surface area contributed by atoms with Gasteiger partial charge in [-0.3, -0.25) is 4.99 Å². The maximum Gasteiger partial charge on any atom is 0.159 e. The van der Waals surface area contributed by atoms with Crippen molar-refractivity contribution in [2.75, 3.05) is 13.2 Å². The second-order valence-corrected chi connectivity index (χ2v) is 5.59. The highest BCUT2D eigenvalue weighted by atomic mass is 32.2. The summed E-state index contributed by atoms with van der Waals surface area (Å²) in [6, 6.07) is -0.431. The monoisotopic (exact) mass is 276 g/mol. The summed E-state index contributed by atoms with van der Waals surface area (Å²) >= 11 is 1.43. The molecule has 2 rings (SSSR count). The molecule has 5 atom stereocenters. The van der Waals surface area contributed by atoms with E-state index in [1.807, 2.05) is 0 Å². The lowest BCUT2D eigenvalue weighted by Gasteiger charge is -2.38. The lowest BCUT2D eigenvalue weighted by atomic mass is 9.96. The molecule has 0 amide bonds. The molecule has 2 aliphatic heterocycles. The SMILES string of the molecule is CCCNC1=N[C@@H]2[C@@H](O)[C@H](O)[C@@H](CCO)O[C@@H]2S1. The number of amidine groups is 1. The Morgan fingerprint density at radius 2 is 2.17 bits per heavy atom. The van der Waals surface area contributed by atoms with E-state index in [0.717, 1.165) is 18.1 Å². The number of fused-ring (bicyclic) bond motifs is 1. The van der Waals surface area contributed by atoms with Crippen LogP contribution in [0.15, 0.2) is 4.99 Å². The summed E-state index contributed by atoms with van der Waals surface area (Å²) in [4.78, 5) is 4.34. The van der Waals surface area contributed by atoms with Gasteiger partial charge in [-0.15, -0.1) is 0 Å². The summed E-state index contributed by atoms with van der Waals surface area (Å²) in [7, 11) is 0. The van der Waals surface area contributed by atoms with Crippen molar-refractivity contribution < 1.29 is 20.1 Å². The van der Waals surface area contributed by atoms with Crippen LogP contribution in [0.4, 0.5) is 0 Å². The van der Waals surface area contributed by atoms with Gasteiger partial charge in [0.25, 0.3) is 0 Å². The van der Waals surface area contributed by atoms with E-state index in [0.29, 0.717) is 6.42 Å². The van der Waals surface area contributed by atoms with Crippen LogP contribution in [0.2, 0.25) is 0 Å². The summed E-state index contributed by atoms with van der Waals surface area (Å²) < 4.78 is 5.68. The molecule has 1 saturated heterocycles. The van der Waals surface area contributed by atoms with Crippen molar-refractivity contribution in [1.82, 2.24) is 5.32 Å². The van der Waals surface area contributed by atoms with Gasteiger partial charge < -0.3 is 25.4 Å². The highest BCUT2D eigenvalue weighted by Gasteiger charge is 2.47. The number of aliphatic hydroxyl groups is 3. The zero-order valence-electron chi connectivity index (χ0n) is 10.3. The van der Waals surface area contributed by atoms with E-state index in [1.165, 1.54) is 11.8 Å². The Labute approximate surface area is 110 Å². The zero-order valence-corrected chi connectivity index (χ0v) is 11.1. The van der Waals surface area contributed by atoms with E-state index in [4.69, 9.17) is 9.84 Å². The third-order valence-corrected chi connectivity index (χ3v) is 4.20. The fourth-order valence-corrected chi connectivity index (χ4v) is 3.26. The van der Waals surface area contributed by atoms with E-state index >= 15 is 0 Å². The van der Waals surface area contributed by atoms with E-state index in [-0.39, 0.29) is 12.0 Å². The molecule has 0 unspecified atom stereocenters. The van der Waals surface area contributed by atoms with Crippen LogP contribution in [-0.4, -0.2) is 63.4 Å². The maximum atomic E-state index is 10.0. The topological polar surface area (TPSA) is 94.3 Å². The number of aliphatic imine (C=N–C) groups is 1. The van der Waals surface area contributed by atoms with Crippen LogP contribution in [0, 0.1) is 0 Å². The first-order valence-electron chi connectivity index (χ1n) is 6.28. The number of nitrogens with one attached hydrogen (secondary N) is 1. The Kier molecular flexibility index (Phi) is 4.85. The number of nitrogens with zero attached hydrogens (tertiary/aromatic N) is 1. The minimum absolute atomic E-state index is 0.0711. The first-order valence-corrected chi connectivity index (χ1v) is 7.16. The van der Waals surface area contributed by atoms with Crippen LogP contribution in [0.5, 0.6) is 0 Å². The van der Waals surface area contributed by atoms with E-state index in [2.05, 4.69) is 17.2 Å². The first-order chi connectivity index (χ1) is 8.67. The molecule has 0 bridgehead atoms. The van der Waals surface area contributed by atoms with Crippen molar-refractivity contribution in [2.24, 2.45) is 4.99 Å². The van der Waals surface area contributed by atoms with Crippen LogP contribution in [0.1, 0.15) is 19.8 Å². The minimum atomic E-state index is -0.992. The number of aliphatic hydroxyl groups excluding tert-OH is 3. The average Bonchev–Trinajstić information content (AvgIpc) is 2.76. The predicted molar refractivity (Wildman–Crippen MR) is 69.5 cm³/mol. The van der Waals surface area contributed by atoms with Gasteiger partial charge >= 0.3 is 0 Å².